The second-order valence-electron chi connectivity index (χ2n) is 4.04. The Morgan fingerprint density at radius 1 is 1.22 bits per heavy atom. The predicted octanol–water partition coefficient (Wildman–Crippen LogP) is 1.92. The molecule has 1 unspecified atom stereocenters. The third kappa shape index (κ3) is 1.74. The van der Waals surface area contributed by atoms with E-state index in [1.54, 1.807) is 16.9 Å². The third-order valence-corrected chi connectivity index (χ3v) is 2.88. The molecule has 0 saturated carbocycles. The average molecular weight is 242 g/mol. The highest BCUT2D eigenvalue weighted by atomic mass is 19.1. The monoisotopic (exact) mass is 242 g/mol. The first-order valence-corrected chi connectivity index (χ1v) is 5.54. The molecule has 0 spiro atoms. The van der Waals surface area contributed by atoms with Gasteiger partial charge in [0.15, 0.2) is 0 Å². The number of hydrogen-bond donors (Lipinski definition) is 1. The smallest absolute Gasteiger partial charge is 0.141 e. The van der Waals surface area contributed by atoms with Crippen LogP contribution in [0.25, 0.3) is 5.52 Å². The van der Waals surface area contributed by atoms with Crippen LogP contribution in [0.1, 0.15) is 17.2 Å². The van der Waals surface area contributed by atoms with E-state index in [4.69, 9.17) is 5.73 Å². The van der Waals surface area contributed by atoms with Crippen LogP contribution in [-0.4, -0.2) is 14.6 Å². The number of halogens is 1. The zero-order valence-corrected chi connectivity index (χ0v) is 9.49. The van der Waals surface area contributed by atoms with Gasteiger partial charge in [-0.15, -0.1) is 0 Å². The number of aromatic nitrogens is 3. The van der Waals surface area contributed by atoms with Crippen molar-refractivity contribution in [3.05, 3.63) is 66.0 Å². The fraction of sp³-hybridized carbons (Fsp3) is 0.0769. The molecule has 3 rings (SSSR count). The molecule has 3 aromatic rings. The molecule has 2 N–H and O–H groups in total. The Balaban J connectivity index is 2.09. The molecule has 3 aromatic heterocycles. The van der Waals surface area contributed by atoms with E-state index in [0.29, 0.717) is 5.56 Å². The highest BCUT2D eigenvalue weighted by molar-refractivity contribution is 5.56. The molecule has 0 aliphatic rings. The molecular weight excluding hydrogens is 231 g/mol. The summed E-state index contributed by atoms with van der Waals surface area (Å²) < 4.78 is 14.9. The summed E-state index contributed by atoms with van der Waals surface area (Å²) >= 11 is 0. The van der Waals surface area contributed by atoms with Crippen molar-refractivity contribution in [2.24, 2.45) is 5.73 Å². The second kappa shape index (κ2) is 4.19. The Labute approximate surface area is 103 Å². The van der Waals surface area contributed by atoms with Crippen LogP contribution in [-0.2, 0) is 0 Å². The number of nitrogens with two attached hydrogens (primary N) is 1. The highest BCUT2D eigenvalue weighted by Crippen LogP contribution is 2.23. The standard InChI is InChI=1S/C13H11FN4/c14-10-5-9(6-16-7-10)13(15)11-8-17-18-4-2-1-3-12(11)18/h1-8,13H,15H2. The van der Waals surface area contributed by atoms with Crippen LogP contribution < -0.4 is 5.73 Å². The summed E-state index contributed by atoms with van der Waals surface area (Å²) in [6.45, 7) is 0. The fourth-order valence-electron chi connectivity index (χ4n) is 1.97. The van der Waals surface area contributed by atoms with Gasteiger partial charge in [0.1, 0.15) is 5.82 Å². The summed E-state index contributed by atoms with van der Waals surface area (Å²) in [5.74, 6) is -0.389. The van der Waals surface area contributed by atoms with Gasteiger partial charge in [0.2, 0.25) is 0 Å². The molecule has 0 amide bonds. The van der Waals surface area contributed by atoms with Crippen LogP contribution in [0.3, 0.4) is 0 Å². The Morgan fingerprint density at radius 2 is 2.11 bits per heavy atom. The van der Waals surface area contributed by atoms with E-state index >= 15 is 0 Å². The summed E-state index contributed by atoms with van der Waals surface area (Å²) in [6, 6.07) is 6.68. The van der Waals surface area contributed by atoms with Crippen molar-refractivity contribution < 1.29 is 4.39 Å². The van der Waals surface area contributed by atoms with Gasteiger partial charge in [-0.25, -0.2) is 8.91 Å². The van der Waals surface area contributed by atoms with Gasteiger partial charge in [0.25, 0.3) is 0 Å². The SMILES string of the molecule is NC(c1cncc(F)c1)c1cnn2ccccc12. The molecule has 0 aromatic carbocycles. The summed E-state index contributed by atoms with van der Waals surface area (Å²) in [6.07, 6.45) is 6.27. The minimum absolute atomic E-state index is 0.389. The van der Waals surface area contributed by atoms with Crippen molar-refractivity contribution in [3.8, 4) is 0 Å². The van der Waals surface area contributed by atoms with Crippen LogP contribution in [0.2, 0.25) is 0 Å². The largest absolute Gasteiger partial charge is 0.320 e. The molecule has 0 fully saturated rings. The molecule has 90 valence electrons. The maximum atomic E-state index is 13.1. The maximum absolute atomic E-state index is 13.1. The molecule has 3 heterocycles. The summed E-state index contributed by atoms with van der Waals surface area (Å²) in [5.41, 5.74) is 8.53. The lowest BCUT2D eigenvalue weighted by molar-refractivity contribution is 0.616. The maximum Gasteiger partial charge on any atom is 0.141 e. The van der Waals surface area contributed by atoms with Crippen molar-refractivity contribution in [3.63, 3.8) is 0 Å². The second-order valence-corrected chi connectivity index (χ2v) is 4.04. The average Bonchev–Trinajstić information content (AvgIpc) is 2.82. The van der Waals surface area contributed by atoms with Gasteiger partial charge in [0, 0.05) is 18.0 Å². The first-order valence-electron chi connectivity index (χ1n) is 5.54. The number of nitrogens with zero attached hydrogens (tertiary/aromatic N) is 3. The summed E-state index contributed by atoms with van der Waals surface area (Å²) in [4.78, 5) is 3.81. The van der Waals surface area contributed by atoms with Crippen molar-refractivity contribution in [1.29, 1.82) is 0 Å². The van der Waals surface area contributed by atoms with Gasteiger partial charge in [-0.1, -0.05) is 6.07 Å². The van der Waals surface area contributed by atoms with Gasteiger partial charge in [0.05, 0.1) is 24.0 Å². The molecule has 0 aliphatic carbocycles. The zero-order chi connectivity index (χ0) is 12.5. The Morgan fingerprint density at radius 3 is 2.94 bits per heavy atom. The first-order chi connectivity index (χ1) is 8.75. The summed E-state index contributed by atoms with van der Waals surface area (Å²) in [7, 11) is 0. The van der Waals surface area contributed by atoms with E-state index in [1.165, 1.54) is 6.07 Å². The Bertz CT molecular complexity index is 692. The van der Waals surface area contributed by atoms with Crippen LogP contribution in [0.15, 0.2) is 49.1 Å². The lowest BCUT2D eigenvalue weighted by atomic mass is 10.0. The van der Waals surface area contributed by atoms with Gasteiger partial charge >= 0.3 is 0 Å². The molecular formula is C13H11FN4. The molecule has 0 bridgehead atoms. The molecule has 4 nitrogen and oxygen atoms in total. The lowest BCUT2D eigenvalue weighted by Gasteiger charge is -2.10. The number of hydrogen-bond acceptors (Lipinski definition) is 3. The summed E-state index contributed by atoms with van der Waals surface area (Å²) in [5, 5.41) is 4.21. The van der Waals surface area contributed by atoms with E-state index in [-0.39, 0.29) is 5.82 Å². The van der Waals surface area contributed by atoms with Crippen LogP contribution in [0, 0.1) is 5.82 Å². The molecule has 0 aliphatic heterocycles. The van der Waals surface area contributed by atoms with Crippen molar-refractivity contribution in [2.75, 3.05) is 0 Å². The van der Waals surface area contributed by atoms with E-state index in [2.05, 4.69) is 10.1 Å². The van der Waals surface area contributed by atoms with Gasteiger partial charge in [-0.3, -0.25) is 4.98 Å². The molecule has 5 heteroatoms. The normalized spacial score (nSPS) is 12.8. The van der Waals surface area contributed by atoms with Crippen LogP contribution in [0.5, 0.6) is 0 Å². The zero-order valence-electron chi connectivity index (χ0n) is 9.49. The molecule has 0 saturated heterocycles. The van der Waals surface area contributed by atoms with Crippen molar-refractivity contribution in [1.82, 2.24) is 14.6 Å². The van der Waals surface area contributed by atoms with E-state index in [1.807, 2.05) is 24.4 Å². The lowest BCUT2D eigenvalue weighted by Crippen LogP contribution is -2.12. The van der Waals surface area contributed by atoms with E-state index in [9.17, 15) is 4.39 Å². The minimum atomic E-state index is -0.437. The Kier molecular flexibility index (Phi) is 2.53. The van der Waals surface area contributed by atoms with Crippen molar-refractivity contribution in [2.45, 2.75) is 6.04 Å². The number of fused-ring (bicyclic) bond motifs is 1. The first kappa shape index (κ1) is 10.9. The number of rotatable bonds is 2. The highest BCUT2D eigenvalue weighted by Gasteiger charge is 2.14. The van der Waals surface area contributed by atoms with Gasteiger partial charge < -0.3 is 5.73 Å². The van der Waals surface area contributed by atoms with Crippen LogP contribution >= 0.6 is 0 Å². The molecule has 18 heavy (non-hydrogen) atoms. The van der Waals surface area contributed by atoms with Gasteiger partial charge in [-0.05, 0) is 23.8 Å². The van der Waals surface area contributed by atoms with E-state index in [0.717, 1.165) is 17.3 Å². The van der Waals surface area contributed by atoms with E-state index < -0.39 is 6.04 Å². The fourth-order valence-corrected chi connectivity index (χ4v) is 1.97. The number of pyridine rings is 2. The Hall–Kier alpha value is -2.27. The van der Waals surface area contributed by atoms with Crippen LogP contribution in [0.4, 0.5) is 4.39 Å². The third-order valence-electron chi connectivity index (χ3n) is 2.88. The molecule has 0 radical (unpaired) electrons. The van der Waals surface area contributed by atoms with Gasteiger partial charge in [-0.2, -0.15) is 5.10 Å². The quantitative estimate of drug-likeness (QED) is 0.747. The minimum Gasteiger partial charge on any atom is -0.320 e. The topological polar surface area (TPSA) is 56.2 Å². The molecule has 1 atom stereocenters. The predicted molar refractivity (Wildman–Crippen MR) is 65.4 cm³/mol. The van der Waals surface area contributed by atoms with Crippen molar-refractivity contribution >= 4 is 5.52 Å².